The quantitative estimate of drug-likeness (QED) is 0.578. The van der Waals surface area contributed by atoms with Crippen molar-refractivity contribution in [3.05, 3.63) is 89.2 Å². The average Bonchev–Trinajstić information content (AvgIpc) is 2.83. The highest BCUT2D eigenvalue weighted by atomic mass is 19.1. The number of carbonyl (C=O) groups excluding carboxylic acids is 2. The molecular weight excluding hydrogens is 419 g/mol. The zero-order chi connectivity index (χ0) is 23.2. The van der Waals surface area contributed by atoms with Crippen LogP contribution in [0, 0.1) is 17.1 Å². The van der Waals surface area contributed by atoms with Gasteiger partial charge in [0.25, 0.3) is 5.91 Å². The molecule has 0 saturated heterocycles. The molecule has 7 heteroatoms. The standard InChI is InChI=1S/C26H23FN4O2/c27-20-12-10-18(11-13-20)26(33)30-23-8-3-9-24-21(23)6-4-15-31(24)16-14-25(32)29-22-7-2-1-5-19(22)17-28/h1-3,5,7-13H,4,6,14-16H2,(H,29,32)(H,30,33). The fourth-order valence-electron chi connectivity index (χ4n) is 3.98. The van der Waals surface area contributed by atoms with E-state index >= 15 is 0 Å². The molecule has 0 radical (unpaired) electrons. The molecule has 0 fully saturated rings. The molecule has 3 aromatic carbocycles. The topological polar surface area (TPSA) is 85.2 Å². The van der Waals surface area contributed by atoms with E-state index in [-0.39, 0.29) is 24.1 Å². The molecular formula is C26H23FN4O2. The van der Waals surface area contributed by atoms with Crippen LogP contribution in [0.4, 0.5) is 21.5 Å². The molecule has 0 atom stereocenters. The molecule has 1 aliphatic rings. The highest BCUT2D eigenvalue weighted by Gasteiger charge is 2.21. The second kappa shape index (κ2) is 9.96. The summed E-state index contributed by atoms with van der Waals surface area (Å²) in [6, 6.07) is 20.1. The van der Waals surface area contributed by atoms with Gasteiger partial charge in [-0.25, -0.2) is 4.39 Å². The van der Waals surface area contributed by atoms with E-state index in [4.69, 9.17) is 0 Å². The first kappa shape index (κ1) is 22.0. The number of carbonyl (C=O) groups is 2. The summed E-state index contributed by atoms with van der Waals surface area (Å²) in [5.74, 6) is -0.846. The monoisotopic (exact) mass is 442 g/mol. The lowest BCUT2D eigenvalue weighted by atomic mass is 9.99. The number of fused-ring (bicyclic) bond motifs is 1. The summed E-state index contributed by atoms with van der Waals surface area (Å²) in [6.07, 6.45) is 1.98. The maximum Gasteiger partial charge on any atom is 0.255 e. The Morgan fingerprint density at radius 2 is 1.73 bits per heavy atom. The van der Waals surface area contributed by atoms with Crippen LogP contribution in [0.5, 0.6) is 0 Å². The van der Waals surface area contributed by atoms with Crippen LogP contribution in [0.2, 0.25) is 0 Å². The van der Waals surface area contributed by atoms with Crippen LogP contribution < -0.4 is 15.5 Å². The predicted octanol–water partition coefficient (Wildman–Crippen LogP) is 4.73. The van der Waals surface area contributed by atoms with Crippen molar-refractivity contribution in [2.45, 2.75) is 19.3 Å². The minimum absolute atomic E-state index is 0.161. The number of nitriles is 1. The van der Waals surface area contributed by atoms with Crippen molar-refractivity contribution in [3.63, 3.8) is 0 Å². The maximum absolute atomic E-state index is 13.2. The Labute approximate surface area is 191 Å². The molecule has 2 amide bonds. The zero-order valence-electron chi connectivity index (χ0n) is 18.0. The summed E-state index contributed by atoms with van der Waals surface area (Å²) < 4.78 is 13.2. The fourth-order valence-corrected chi connectivity index (χ4v) is 3.98. The first-order chi connectivity index (χ1) is 16.0. The average molecular weight is 442 g/mol. The van der Waals surface area contributed by atoms with Crippen LogP contribution in [-0.4, -0.2) is 24.9 Å². The van der Waals surface area contributed by atoms with Crippen LogP contribution in [0.15, 0.2) is 66.7 Å². The van der Waals surface area contributed by atoms with E-state index in [0.717, 1.165) is 36.3 Å². The fraction of sp³-hybridized carbons (Fsp3) is 0.192. The molecule has 0 unspecified atom stereocenters. The molecule has 1 heterocycles. The van der Waals surface area contributed by atoms with Gasteiger partial charge in [-0.1, -0.05) is 18.2 Å². The lowest BCUT2D eigenvalue weighted by Gasteiger charge is -2.32. The number of para-hydroxylation sites is 1. The van der Waals surface area contributed by atoms with Gasteiger partial charge >= 0.3 is 0 Å². The van der Waals surface area contributed by atoms with Gasteiger partial charge in [0.2, 0.25) is 5.91 Å². The van der Waals surface area contributed by atoms with E-state index in [0.29, 0.717) is 23.4 Å². The van der Waals surface area contributed by atoms with E-state index in [9.17, 15) is 19.2 Å². The molecule has 33 heavy (non-hydrogen) atoms. The minimum Gasteiger partial charge on any atom is -0.371 e. The van der Waals surface area contributed by atoms with Gasteiger partial charge in [-0.2, -0.15) is 5.26 Å². The molecule has 0 spiro atoms. The van der Waals surface area contributed by atoms with E-state index in [1.807, 2.05) is 18.2 Å². The molecule has 6 nitrogen and oxygen atoms in total. The van der Waals surface area contributed by atoms with Crippen LogP contribution in [0.1, 0.15) is 34.3 Å². The SMILES string of the molecule is N#Cc1ccccc1NC(=O)CCN1CCCc2c(NC(=O)c3ccc(F)cc3)cccc21. The first-order valence-corrected chi connectivity index (χ1v) is 10.8. The molecule has 0 saturated carbocycles. The van der Waals surface area contributed by atoms with Crippen molar-refractivity contribution in [1.82, 2.24) is 0 Å². The highest BCUT2D eigenvalue weighted by molar-refractivity contribution is 6.05. The predicted molar refractivity (Wildman–Crippen MR) is 126 cm³/mol. The number of benzene rings is 3. The molecule has 1 aliphatic heterocycles. The number of nitrogens with one attached hydrogen (secondary N) is 2. The van der Waals surface area contributed by atoms with Gasteiger partial charge in [0.15, 0.2) is 0 Å². The third-order valence-corrected chi connectivity index (χ3v) is 5.63. The number of nitrogens with zero attached hydrogens (tertiary/aromatic N) is 2. The smallest absolute Gasteiger partial charge is 0.255 e. The van der Waals surface area contributed by atoms with Gasteiger partial charge in [-0.3, -0.25) is 9.59 Å². The largest absolute Gasteiger partial charge is 0.371 e. The second-order valence-corrected chi connectivity index (χ2v) is 7.81. The van der Waals surface area contributed by atoms with Crippen molar-refractivity contribution in [1.29, 1.82) is 5.26 Å². The molecule has 2 N–H and O–H groups in total. The number of amides is 2. The zero-order valence-corrected chi connectivity index (χ0v) is 18.0. The van der Waals surface area contributed by atoms with Crippen molar-refractivity contribution in [2.75, 3.05) is 28.6 Å². The third kappa shape index (κ3) is 5.18. The number of hydrogen-bond donors (Lipinski definition) is 2. The summed E-state index contributed by atoms with van der Waals surface area (Å²) in [5, 5.41) is 14.9. The summed E-state index contributed by atoms with van der Waals surface area (Å²) in [6.45, 7) is 1.33. The number of anilines is 3. The number of rotatable bonds is 6. The summed E-state index contributed by atoms with van der Waals surface area (Å²) in [7, 11) is 0. The summed E-state index contributed by atoms with van der Waals surface area (Å²) >= 11 is 0. The first-order valence-electron chi connectivity index (χ1n) is 10.8. The van der Waals surface area contributed by atoms with Crippen LogP contribution in [0.3, 0.4) is 0 Å². The van der Waals surface area contributed by atoms with Gasteiger partial charge in [0.05, 0.1) is 11.3 Å². The molecule has 4 rings (SSSR count). The molecule has 0 aliphatic carbocycles. The summed E-state index contributed by atoms with van der Waals surface area (Å²) in [4.78, 5) is 27.2. The second-order valence-electron chi connectivity index (χ2n) is 7.81. The van der Waals surface area contributed by atoms with E-state index in [1.165, 1.54) is 24.3 Å². The number of halogens is 1. The van der Waals surface area contributed by atoms with Gasteiger partial charge < -0.3 is 15.5 Å². The Morgan fingerprint density at radius 1 is 0.970 bits per heavy atom. The number of hydrogen-bond acceptors (Lipinski definition) is 4. The minimum atomic E-state index is -0.389. The van der Waals surface area contributed by atoms with Gasteiger partial charge in [-0.05, 0) is 66.9 Å². The Kier molecular flexibility index (Phi) is 6.65. The van der Waals surface area contributed by atoms with Gasteiger partial charge in [-0.15, -0.1) is 0 Å². The highest BCUT2D eigenvalue weighted by Crippen LogP contribution is 2.33. The lowest BCUT2D eigenvalue weighted by Crippen LogP contribution is -2.33. The van der Waals surface area contributed by atoms with Crippen LogP contribution >= 0.6 is 0 Å². The van der Waals surface area contributed by atoms with Crippen molar-refractivity contribution in [3.8, 4) is 6.07 Å². The van der Waals surface area contributed by atoms with E-state index in [1.54, 1.807) is 24.3 Å². The van der Waals surface area contributed by atoms with Crippen molar-refractivity contribution < 1.29 is 14.0 Å². The normalized spacial score (nSPS) is 12.4. The molecule has 0 bridgehead atoms. The maximum atomic E-state index is 13.2. The van der Waals surface area contributed by atoms with Crippen LogP contribution in [0.25, 0.3) is 0 Å². The molecule has 0 aromatic heterocycles. The van der Waals surface area contributed by atoms with E-state index in [2.05, 4.69) is 21.6 Å². The third-order valence-electron chi connectivity index (χ3n) is 5.63. The summed E-state index contributed by atoms with van der Waals surface area (Å²) in [5.41, 5.74) is 4.05. The Morgan fingerprint density at radius 3 is 2.52 bits per heavy atom. The Bertz CT molecular complexity index is 1220. The van der Waals surface area contributed by atoms with Gasteiger partial charge in [0.1, 0.15) is 11.9 Å². The molecule has 3 aromatic rings. The Hall–Kier alpha value is -4.18. The van der Waals surface area contributed by atoms with Crippen LogP contribution in [-0.2, 0) is 11.2 Å². The van der Waals surface area contributed by atoms with Crippen molar-refractivity contribution >= 4 is 28.9 Å². The van der Waals surface area contributed by atoms with Gasteiger partial charge in [0, 0.05) is 36.4 Å². The van der Waals surface area contributed by atoms with E-state index < -0.39 is 0 Å². The Balaban J connectivity index is 1.43. The van der Waals surface area contributed by atoms with Crippen molar-refractivity contribution in [2.24, 2.45) is 0 Å². The lowest BCUT2D eigenvalue weighted by molar-refractivity contribution is -0.116. The molecule has 166 valence electrons.